The van der Waals surface area contributed by atoms with Gasteiger partial charge in [-0.3, -0.25) is 0 Å². The lowest BCUT2D eigenvalue weighted by Crippen LogP contribution is -2.33. The Hall–Kier alpha value is -1.96. The molecule has 8 heteroatoms. The summed E-state index contributed by atoms with van der Waals surface area (Å²) in [6.07, 6.45) is 4.42. The number of pyridine rings is 1. The lowest BCUT2D eigenvalue weighted by Gasteiger charge is -2.31. The fourth-order valence-electron chi connectivity index (χ4n) is 2.61. The summed E-state index contributed by atoms with van der Waals surface area (Å²) >= 11 is 0. The summed E-state index contributed by atoms with van der Waals surface area (Å²) in [4.78, 5) is 10.9. The smallest absolute Gasteiger partial charge is 0.229 e. The van der Waals surface area contributed by atoms with E-state index in [0.717, 1.165) is 31.7 Å². The molecule has 0 radical (unpaired) electrons. The van der Waals surface area contributed by atoms with E-state index >= 15 is 0 Å². The number of anilines is 1. The second-order valence-electron chi connectivity index (χ2n) is 5.57. The van der Waals surface area contributed by atoms with E-state index < -0.39 is 9.84 Å². The zero-order valence-electron chi connectivity index (χ0n) is 12.6. The maximum Gasteiger partial charge on any atom is 0.229 e. The summed E-state index contributed by atoms with van der Waals surface area (Å²) in [5.74, 6) is 2.45. The molecule has 0 amide bonds. The maximum atomic E-state index is 11.4. The topological polar surface area (TPSA) is 89.2 Å². The van der Waals surface area contributed by atoms with Crippen molar-refractivity contribution in [1.82, 2.24) is 15.1 Å². The average Bonchev–Trinajstić information content (AvgIpc) is 2.93. The van der Waals surface area contributed by atoms with Crippen LogP contribution in [0, 0.1) is 6.92 Å². The monoisotopic (exact) mass is 322 g/mol. The second kappa shape index (κ2) is 5.68. The Kier molecular flexibility index (Phi) is 3.86. The van der Waals surface area contributed by atoms with Crippen LogP contribution in [-0.4, -0.2) is 42.9 Å². The molecule has 0 N–H and O–H groups in total. The van der Waals surface area contributed by atoms with Gasteiger partial charge in [0, 0.05) is 31.5 Å². The summed E-state index contributed by atoms with van der Waals surface area (Å²) < 4.78 is 28.1. The third-order valence-corrected chi connectivity index (χ3v) is 4.96. The lowest BCUT2D eigenvalue weighted by atomic mass is 9.97. The molecule has 3 rings (SSSR count). The predicted octanol–water partition coefficient (Wildman–Crippen LogP) is 1.56. The molecule has 0 bridgehead atoms. The highest BCUT2D eigenvalue weighted by molar-refractivity contribution is 7.90. The molecule has 0 unspecified atom stereocenters. The highest BCUT2D eigenvalue weighted by atomic mass is 32.2. The van der Waals surface area contributed by atoms with E-state index in [9.17, 15) is 8.42 Å². The molecule has 1 fully saturated rings. The molecule has 1 saturated heterocycles. The van der Waals surface area contributed by atoms with Crippen molar-refractivity contribution in [2.24, 2.45) is 0 Å². The molecule has 0 aromatic carbocycles. The van der Waals surface area contributed by atoms with Crippen molar-refractivity contribution in [3.63, 3.8) is 0 Å². The first-order valence-corrected chi connectivity index (χ1v) is 9.04. The van der Waals surface area contributed by atoms with Crippen LogP contribution in [0.2, 0.25) is 0 Å². The van der Waals surface area contributed by atoms with Crippen LogP contribution in [0.25, 0.3) is 0 Å². The number of aromatic nitrogens is 3. The van der Waals surface area contributed by atoms with E-state index in [1.807, 2.05) is 6.92 Å². The van der Waals surface area contributed by atoms with E-state index in [1.54, 1.807) is 12.1 Å². The first-order chi connectivity index (χ1) is 10.4. The van der Waals surface area contributed by atoms with Gasteiger partial charge in [0.15, 0.2) is 15.7 Å². The average molecular weight is 322 g/mol. The van der Waals surface area contributed by atoms with Crippen LogP contribution in [0.3, 0.4) is 0 Å². The van der Waals surface area contributed by atoms with Crippen molar-refractivity contribution in [2.45, 2.75) is 30.6 Å². The van der Waals surface area contributed by atoms with E-state index in [4.69, 9.17) is 4.52 Å². The van der Waals surface area contributed by atoms with Gasteiger partial charge in [0.2, 0.25) is 5.89 Å². The molecule has 7 nitrogen and oxygen atoms in total. The van der Waals surface area contributed by atoms with Gasteiger partial charge in [-0.1, -0.05) is 5.16 Å². The van der Waals surface area contributed by atoms with Gasteiger partial charge in [-0.25, -0.2) is 13.4 Å². The molecule has 1 aliphatic heterocycles. The van der Waals surface area contributed by atoms with Gasteiger partial charge in [-0.05, 0) is 31.9 Å². The van der Waals surface area contributed by atoms with Crippen LogP contribution in [0.15, 0.2) is 27.7 Å². The number of rotatable bonds is 3. The quantitative estimate of drug-likeness (QED) is 0.847. The minimum absolute atomic E-state index is 0.243. The number of nitrogens with zero attached hydrogens (tertiary/aromatic N) is 4. The number of piperidine rings is 1. The summed E-state index contributed by atoms with van der Waals surface area (Å²) in [7, 11) is -3.20. The van der Waals surface area contributed by atoms with Gasteiger partial charge in [0.05, 0.1) is 4.90 Å². The second-order valence-corrected chi connectivity index (χ2v) is 7.58. The van der Waals surface area contributed by atoms with Crippen molar-refractivity contribution >= 4 is 15.7 Å². The molecular weight excluding hydrogens is 304 g/mol. The van der Waals surface area contributed by atoms with Crippen molar-refractivity contribution < 1.29 is 12.9 Å². The van der Waals surface area contributed by atoms with Gasteiger partial charge >= 0.3 is 0 Å². The standard InChI is InChI=1S/C14H18N4O3S/c1-10-16-14(21-17-10)11-5-7-18(8-6-11)13-4-3-12(9-15-13)22(2,19)20/h3-4,9,11H,5-8H2,1-2H3. The Morgan fingerprint density at radius 3 is 2.50 bits per heavy atom. The number of aryl methyl sites for hydroxylation is 1. The fourth-order valence-corrected chi connectivity index (χ4v) is 3.17. The largest absolute Gasteiger partial charge is 0.357 e. The van der Waals surface area contributed by atoms with Crippen molar-refractivity contribution in [3.8, 4) is 0 Å². The van der Waals surface area contributed by atoms with Crippen LogP contribution in [-0.2, 0) is 9.84 Å². The molecule has 1 aliphatic rings. The van der Waals surface area contributed by atoms with E-state index in [1.165, 1.54) is 12.5 Å². The van der Waals surface area contributed by atoms with Gasteiger partial charge < -0.3 is 9.42 Å². The Morgan fingerprint density at radius 1 is 1.27 bits per heavy atom. The van der Waals surface area contributed by atoms with Crippen LogP contribution in [0.1, 0.15) is 30.5 Å². The van der Waals surface area contributed by atoms with Crippen molar-refractivity contribution in [2.75, 3.05) is 24.2 Å². The van der Waals surface area contributed by atoms with Crippen LogP contribution in [0.5, 0.6) is 0 Å². The zero-order chi connectivity index (χ0) is 15.7. The minimum Gasteiger partial charge on any atom is -0.357 e. The van der Waals surface area contributed by atoms with Gasteiger partial charge in [0.25, 0.3) is 0 Å². The Balaban J connectivity index is 1.66. The van der Waals surface area contributed by atoms with E-state index in [2.05, 4.69) is 20.0 Å². The molecule has 0 saturated carbocycles. The fraction of sp³-hybridized carbons (Fsp3) is 0.500. The van der Waals surface area contributed by atoms with Gasteiger partial charge in [-0.2, -0.15) is 4.98 Å². The molecule has 3 heterocycles. The number of sulfone groups is 1. The third kappa shape index (κ3) is 3.11. The number of hydrogen-bond acceptors (Lipinski definition) is 7. The molecule has 0 aliphatic carbocycles. The predicted molar refractivity (Wildman–Crippen MR) is 80.6 cm³/mol. The first kappa shape index (κ1) is 15.0. The SMILES string of the molecule is Cc1noc(C2CCN(c3ccc(S(C)(=O)=O)cn3)CC2)n1. The van der Waals surface area contributed by atoms with Crippen molar-refractivity contribution in [1.29, 1.82) is 0 Å². The molecule has 2 aromatic heterocycles. The van der Waals surface area contributed by atoms with E-state index in [-0.39, 0.29) is 10.8 Å². The van der Waals surface area contributed by atoms with Crippen LogP contribution >= 0.6 is 0 Å². The lowest BCUT2D eigenvalue weighted by molar-refractivity contribution is 0.327. The Bertz CT molecular complexity index is 747. The molecular formula is C14H18N4O3S. The molecule has 118 valence electrons. The van der Waals surface area contributed by atoms with Gasteiger partial charge in [-0.15, -0.1) is 0 Å². The Labute approximate surface area is 129 Å². The van der Waals surface area contributed by atoms with Crippen LogP contribution in [0.4, 0.5) is 5.82 Å². The molecule has 22 heavy (non-hydrogen) atoms. The normalized spacial score (nSPS) is 16.9. The third-order valence-electron chi connectivity index (χ3n) is 3.86. The van der Waals surface area contributed by atoms with Crippen LogP contribution < -0.4 is 4.90 Å². The van der Waals surface area contributed by atoms with Gasteiger partial charge in [0.1, 0.15) is 5.82 Å². The Morgan fingerprint density at radius 2 is 2.00 bits per heavy atom. The number of hydrogen-bond donors (Lipinski definition) is 0. The zero-order valence-corrected chi connectivity index (χ0v) is 13.4. The minimum atomic E-state index is -3.20. The highest BCUT2D eigenvalue weighted by Crippen LogP contribution is 2.29. The molecule has 0 spiro atoms. The summed E-state index contributed by atoms with van der Waals surface area (Å²) in [5.41, 5.74) is 0. The van der Waals surface area contributed by atoms with Crippen molar-refractivity contribution in [3.05, 3.63) is 30.0 Å². The highest BCUT2D eigenvalue weighted by Gasteiger charge is 2.25. The summed E-state index contributed by atoms with van der Waals surface area (Å²) in [6.45, 7) is 3.48. The molecule has 2 aromatic rings. The summed E-state index contributed by atoms with van der Waals surface area (Å²) in [5, 5.41) is 3.83. The summed E-state index contributed by atoms with van der Waals surface area (Å²) in [6, 6.07) is 3.36. The first-order valence-electron chi connectivity index (χ1n) is 7.15. The molecule has 0 atom stereocenters. The van der Waals surface area contributed by atoms with E-state index in [0.29, 0.717) is 11.7 Å². The maximum absolute atomic E-state index is 11.4.